The lowest BCUT2D eigenvalue weighted by Crippen LogP contribution is -2.49. The van der Waals surface area contributed by atoms with Crippen molar-refractivity contribution < 1.29 is 9.59 Å². The highest BCUT2D eigenvalue weighted by Crippen LogP contribution is 2.32. The number of hydrogen-bond acceptors (Lipinski definition) is 3. The number of Topliss-reactive ketones (excluding diaryl/α,β-unsaturated/α-hetero) is 1. The lowest BCUT2D eigenvalue weighted by molar-refractivity contribution is -0.114. The molecule has 1 N–H and O–H groups in total. The Morgan fingerprint density at radius 1 is 1.45 bits per heavy atom. The summed E-state index contributed by atoms with van der Waals surface area (Å²) in [5, 5.41) is 2.88. The van der Waals surface area contributed by atoms with Gasteiger partial charge >= 0.3 is 6.03 Å². The summed E-state index contributed by atoms with van der Waals surface area (Å²) in [5.41, 5.74) is 1.97. The summed E-state index contributed by atoms with van der Waals surface area (Å²) in [4.78, 5) is 30.1. The number of hydrogen-bond donors (Lipinski definition) is 1. The third-order valence-electron chi connectivity index (χ3n) is 3.53. The molecule has 0 saturated carbocycles. The topological polar surface area (TPSA) is 62.3 Å². The zero-order valence-electron chi connectivity index (χ0n) is 11.2. The van der Waals surface area contributed by atoms with E-state index in [-0.39, 0.29) is 11.8 Å². The van der Waals surface area contributed by atoms with Gasteiger partial charge in [0.1, 0.15) is 6.04 Å². The van der Waals surface area contributed by atoms with Crippen molar-refractivity contribution in [2.24, 2.45) is 0 Å². The van der Waals surface area contributed by atoms with Crippen molar-refractivity contribution in [3.8, 4) is 0 Å². The van der Waals surface area contributed by atoms with Gasteiger partial charge in [0, 0.05) is 18.3 Å². The van der Waals surface area contributed by atoms with Gasteiger partial charge in [0.2, 0.25) is 0 Å². The number of allylic oxidation sites excluding steroid dienone is 1. The summed E-state index contributed by atoms with van der Waals surface area (Å²) in [7, 11) is 0. The quantitative estimate of drug-likeness (QED) is 0.892. The average molecular weight is 269 g/mol. The molecule has 2 aliphatic heterocycles. The number of amides is 2. The number of fused-ring (bicyclic) bond motifs is 1. The van der Waals surface area contributed by atoms with E-state index in [1.165, 1.54) is 6.92 Å². The molecule has 3 heterocycles. The van der Waals surface area contributed by atoms with Crippen LogP contribution in [0.2, 0.25) is 0 Å². The van der Waals surface area contributed by atoms with Crippen LogP contribution in [0.1, 0.15) is 25.1 Å². The number of carbonyl (C=O) groups is 2. The number of urea groups is 1. The maximum Gasteiger partial charge on any atom is 0.322 e. The van der Waals surface area contributed by atoms with E-state index >= 15 is 0 Å². The smallest absolute Gasteiger partial charge is 0.322 e. The van der Waals surface area contributed by atoms with E-state index in [0.29, 0.717) is 23.5 Å². The van der Waals surface area contributed by atoms with Crippen molar-refractivity contribution in [3.05, 3.63) is 53.5 Å². The molecular weight excluding hydrogens is 254 g/mol. The van der Waals surface area contributed by atoms with E-state index in [2.05, 4.69) is 10.3 Å². The Labute approximate surface area is 117 Å². The monoisotopic (exact) mass is 269 g/mol. The van der Waals surface area contributed by atoms with Crippen LogP contribution < -0.4 is 5.32 Å². The van der Waals surface area contributed by atoms with Crippen molar-refractivity contribution in [2.75, 3.05) is 6.54 Å². The second-order valence-corrected chi connectivity index (χ2v) is 4.83. The number of carbonyl (C=O) groups excluding carboxylic acids is 2. The predicted molar refractivity (Wildman–Crippen MR) is 73.7 cm³/mol. The number of pyridine rings is 1. The highest BCUT2D eigenvalue weighted by molar-refractivity contribution is 5.99. The Balaban J connectivity index is 2.15. The molecule has 2 amide bonds. The molecular formula is C15H15N3O2. The Morgan fingerprint density at radius 3 is 3.00 bits per heavy atom. The molecule has 0 fully saturated rings. The highest BCUT2D eigenvalue weighted by atomic mass is 16.2. The average Bonchev–Trinajstić information content (AvgIpc) is 2.47. The third-order valence-corrected chi connectivity index (χ3v) is 3.53. The van der Waals surface area contributed by atoms with Crippen molar-refractivity contribution >= 4 is 11.8 Å². The third kappa shape index (κ3) is 2.01. The molecule has 0 radical (unpaired) electrons. The highest BCUT2D eigenvalue weighted by Gasteiger charge is 2.36. The lowest BCUT2D eigenvalue weighted by atomic mass is 9.93. The van der Waals surface area contributed by atoms with Crippen LogP contribution in [-0.2, 0) is 4.79 Å². The second kappa shape index (κ2) is 4.92. The molecule has 5 nitrogen and oxygen atoms in total. The maximum atomic E-state index is 12.2. The molecule has 1 atom stereocenters. The van der Waals surface area contributed by atoms with Gasteiger partial charge in [-0.05, 0) is 31.6 Å². The number of aromatic nitrogens is 1. The van der Waals surface area contributed by atoms with Crippen molar-refractivity contribution in [3.63, 3.8) is 0 Å². The molecule has 1 aromatic heterocycles. The molecule has 1 unspecified atom stereocenters. The van der Waals surface area contributed by atoms with Crippen LogP contribution in [0.3, 0.4) is 0 Å². The largest absolute Gasteiger partial charge is 0.325 e. The molecule has 0 saturated heterocycles. The minimum atomic E-state index is -0.477. The van der Waals surface area contributed by atoms with Crippen LogP contribution >= 0.6 is 0 Å². The molecule has 1 aromatic rings. The zero-order valence-corrected chi connectivity index (χ0v) is 11.2. The standard InChI is InChI=1S/C15H15N3O2/c1-10(19)13-12-7-3-5-9-18(12)15(20)17-14(13)11-6-2-4-8-16-11/h2-4,6-8,14H,5,9H2,1H3,(H,17,20). The Bertz CT molecular complexity index is 619. The first-order chi connectivity index (χ1) is 9.68. The van der Waals surface area contributed by atoms with Gasteiger partial charge in [0.25, 0.3) is 0 Å². The molecule has 0 aliphatic carbocycles. The summed E-state index contributed by atoms with van der Waals surface area (Å²) >= 11 is 0. The van der Waals surface area contributed by atoms with Crippen LogP contribution in [0.4, 0.5) is 4.79 Å². The lowest BCUT2D eigenvalue weighted by Gasteiger charge is -2.36. The summed E-state index contributed by atoms with van der Waals surface area (Å²) in [6, 6.07) is 4.82. The minimum absolute atomic E-state index is 0.0489. The van der Waals surface area contributed by atoms with Crippen LogP contribution in [0, 0.1) is 0 Å². The van der Waals surface area contributed by atoms with E-state index in [1.54, 1.807) is 11.1 Å². The summed E-state index contributed by atoms with van der Waals surface area (Å²) in [6.45, 7) is 2.12. The number of ketones is 1. The van der Waals surface area contributed by atoms with Gasteiger partial charge in [-0.1, -0.05) is 12.1 Å². The van der Waals surface area contributed by atoms with Gasteiger partial charge in [0.05, 0.1) is 11.4 Å². The van der Waals surface area contributed by atoms with E-state index in [9.17, 15) is 9.59 Å². The van der Waals surface area contributed by atoms with Gasteiger partial charge in [-0.25, -0.2) is 4.79 Å². The van der Waals surface area contributed by atoms with Crippen LogP contribution in [0.15, 0.2) is 47.8 Å². The first-order valence-corrected chi connectivity index (χ1v) is 6.59. The number of nitrogens with zero attached hydrogens (tertiary/aromatic N) is 2. The molecule has 3 rings (SSSR count). The first-order valence-electron chi connectivity index (χ1n) is 6.59. The molecule has 0 bridgehead atoms. The summed E-state index contributed by atoms with van der Waals surface area (Å²) < 4.78 is 0. The van der Waals surface area contributed by atoms with E-state index in [4.69, 9.17) is 0 Å². The molecule has 102 valence electrons. The Morgan fingerprint density at radius 2 is 2.30 bits per heavy atom. The van der Waals surface area contributed by atoms with Gasteiger partial charge < -0.3 is 5.32 Å². The van der Waals surface area contributed by atoms with Crippen LogP contribution in [0.5, 0.6) is 0 Å². The SMILES string of the molecule is CC(=O)C1=C2C=CCCN2C(=O)NC1c1ccccn1. The fourth-order valence-corrected chi connectivity index (χ4v) is 2.63. The fourth-order valence-electron chi connectivity index (χ4n) is 2.63. The van der Waals surface area contributed by atoms with E-state index in [0.717, 1.165) is 6.42 Å². The Kier molecular flexibility index (Phi) is 3.10. The van der Waals surface area contributed by atoms with Gasteiger partial charge in [0.15, 0.2) is 5.78 Å². The van der Waals surface area contributed by atoms with Gasteiger partial charge in [-0.15, -0.1) is 0 Å². The molecule has 0 aromatic carbocycles. The van der Waals surface area contributed by atoms with Crippen molar-refractivity contribution in [2.45, 2.75) is 19.4 Å². The number of nitrogens with one attached hydrogen (secondary N) is 1. The molecule has 5 heteroatoms. The van der Waals surface area contributed by atoms with Gasteiger partial charge in [-0.2, -0.15) is 0 Å². The fraction of sp³-hybridized carbons (Fsp3) is 0.267. The van der Waals surface area contributed by atoms with Crippen molar-refractivity contribution in [1.29, 1.82) is 0 Å². The minimum Gasteiger partial charge on any atom is -0.325 e. The van der Waals surface area contributed by atoms with Gasteiger partial charge in [-0.3, -0.25) is 14.7 Å². The summed E-state index contributed by atoms with van der Waals surface area (Å²) in [5.74, 6) is -0.0489. The normalized spacial score (nSPS) is 21.6. The second-order valence-electron chi connectivity index (χ2n) is 4.83. The van der Waals surface area contributed by atoms with Crippen LogP contribution in [-0.4, -0.2) is 28.2 Å². The van der Waals surface area contributed by atoms with E-state index in [1.807, 2.05) is 30.4 Å². The first kappa shape index (κ1) is 12.6. The predicted octanol–water partition coefficient (Wildman–Crippen LogP) is 1.95. The van der Waals surface area contributed by atoms with E-state index < -0.39 is 6.04 Å². The van der Waals surface area contributed by atoms with Crippen molar-refractivity contribution in [1.82, 2.24) is 15.2 Å². The Hall–Kier alpha value is -2.43. The number of rotatable bonds is 2. The molecule has 20 heavy (non-hydrogen) atoms. The van der Waals surface area contributed by atoms with Crippen LogP contribution in [0.25, 0.3) is 0 Å². The zero-order chi connectivity index (χ0) is 14.1. The maximum absolute atomic E-state index is 12.2. The molecule has 2 aliphatic rings. The summed E-state index contributed by atoms with van der Waals surface area (Å²) in [6.07, 6.45) is 6.31. The molecule has 0 spiro atoms.